The van der Waals surface area contributed by atoms with E-state index in [4.69, 9.17) is 5.11 Å². The van der Waals surface area contributed by atoms with Crippen molar-refractivity contribution in [3.05, 3.63) is 40.4 Å². The fraction of sp³-hybridized carbons (Fsp3) is 0.250. The van der Waals surface area contributed by atoms with Gasteiger partial charge in [-0.15, -0.1) is 0 Å². The van der Waals surface area contributed by atoms with E-state index in [0.717, 1.165) is 15.6 Å². The highest BCUT2D eigenvalue weighted by atomic mass is 79.9. The number of allylic oxidation sites excluding steroid dienone is 1. The molecule has 0 bridgehead atoms. The monoisotopic (exact) mass is 283 g/mol. The molecule has 1 rings (SSSR count). The molecule has 0 saturated carbocycles. The van der Waals surface area contributed by atoms with Crippen molar-refractivity contribution in [3.63, 3.8) is 0 Å². The summed E-state index contributed by atoms with van der Waals surface area (Å²) in [7, 11) is 0. The van der Waals surface area contributed by atoms with Crippen molar-refractivity contribution >= 4 is 27.6 Å². The third-order valence-corrected chi connectivity index (χ3v) is 2.68. The van der Waals surface area contributed by atoms with E-state index in [1.165, 1.54) is 0 Å². The van der Waals surface area contributed by atoms with E-state index in [1.54, 1.807) is 6.92 Å². The Morgan fingerprint density at radius 2 is 2.00 bits per heavy atom. The summed E-state index contributed by atoms with van der Waals surface area (Å²) in [5.41, 5.74) is 2.14. The maximum Gasteiger partial charge on any atom is 0.405 e. The SMILES string of the molecule is C/C(=C\[C@H](C)NC(=O)O)c1ccc(Br)cc1. The van der Waals surface area contributed by atoms with Crippen molar-refractivity contribution in [1.82, 2.24) is 5.32 Å². The first-order chi connectivity index (χ1) is 7.49. The molecule has 1 aromatic rings. The molecule has 4 heteroatoms. The minimum absolute atomic E-state index is 0.193. The van der Waals surface area contributed by atoms with Gasteiger partial charge in [-0.2, -0.15) is 0 Å². The van der Waals surface area contributed by atoms with Gasteiger partial charge in [0.1, 0.15) is 0 Å². The summed E-state index contributed by atoms with van der Waals surface area (Å²) in [6.07, 6.45) is 0.879. The normalized spacial score (nSPS) is 13.3. The second kappa shape index (κ2) is 5.70. The smallest absolute Gasteiger partial charge is 0.405 e. The van der Waals surface area contributed by atoms with Gasteiger partial charge >= 0.3 is 6.09 Å². The topological polar surface area (TPSA) is 49.3 Å². The van der Waals surface area contributed by atoms with Crippen molar-refractivity contribution in [2.45, 2.75) is 19.9 Å². The molecule has 0 aliphatic rings. The van der Waals surface area contributed by atoms with E-state index in [1.807, 2.05) is 37.3 Å². The quantitative estimate of drug-likeness (QED) is 0.892. The third-order valence-electron chi connectivity index (χ3n) is 2.15. The molecule has 0 saturated heterocycles. The van der Waals surface area contributed by atoms with E-state index in [-0.39, 0.29) is 6.04 Å². The van der Waals surface area contributed by atoms with Gasteiger partial charge in [0.05, 0.1) is 0 Å². The molecule has 0 radical (unpaired) electrons. The second-order valence-electron chi connectivity index (χ2n) is 3.59. The average Bonchev–Trinajstić information content (AvgIpc) is 2.16. The zero-order valence-electron chi connectivity index (χ0n) is 9.20. The highest BCUT2D eigenvalue weighted by molar-refractivity contribution is 9.10. The van der Waals surface area contributed by atoms with Crippen LogP contribution in [-0.4, -0.2) is 17.2 Å². The van der Waals surface area contributed by atoms with Crippen molar-refractivity contribution in [2.24, 2.45) is 0 Å². The molecule has 86 valence electrons. The molecule has 3 nitrogen and oxygen atoms in total. The van der Waals surface area contributed by atoms with E-state index in [2.05, 4.69) is 21.2 Å². The van der Waals surface area contributed by atoms with Gasteiger partial charge in [0.15, 0.2) is 0 Å². The molecule has 2 N–H and O–H groups in total. The predicted octanol–water partition coefficient (Wildman–Crippen LogP) is 3.51. The molecule has 1 amide bonds. The van der Waals surface area contributed by atoms with E-state index < -0.39 is 6.09 Å². The summed E-state index contributed by atoms with van der Waals surface area (Å²) in [6, 6.07) is 7.71. The molecule has 0 heterocycles. The number of amides is 1. The van der Waals surface area contributed by atoms with Crippen LogP contribution in [-0.2, 0) is 0 Å². The summed E-state index contributed by atoms with van der Waals surface area (Å²) in [4.78, 5) is 10.4. The first-order valence-electron chi connectivity index (χ1n) is 4.93. The number of hydrogen-bond acceptors (Lipinski definition) is 1. The number of carbonyl (C=O) groups is 1. The van der Waals surface area contributed by atoms with Crippen LogP contribution in [0.1, 0.15) is 19.4 Å². The molecule has 0 aliphatic carbocycles. The van der Waals surface area contributed by atoms with Crippen LogP contribution in [0.2, 0.25) is 0 Å². The van der Waals surface area contributed by atoms with Crippen LogP contribution in [0.4, 0.5) is 4.79 Å². The minimum Gasteiger partial charge on any atom is -0.465 e. The number of hydrogen-bond donors (Lipinski definition) is 2. The third kappa shape index (κ3) is 4.06. The highest BCUT2D eigenvalue weighted by Crippen LogP contribution is 2.17. The van der Waals surface area contributed by atoms with Gasteiger partial charge in [0, 0.05) is 10.5 Å². The van der Waals surface area contributed by atoms with Crippen LogP contribution in [0.25, 0.3) is 5.57 Å². The number of carboxylic acid groups (broad SMARTS) is 1. The van der Waals surface area contributed by atoms with Crippen LogP contribution in [0.5, 0.6) is 0 Å². The Kier molecular flexibility index (Phi) is 4.55. The van der Waals surface area contributed by atoms with Crippen molar-refractivity contribution in [2.75, 3.05) is 0 Å². The lowest BCUT2D eigenvalue weighted by atomic mass is 10.1. The van der Waals surface area contributed by atoms with Gasteiger partial charge in [0.2, 0.25) is 0 Å². The Balaban J connectivity index is 2.76. The largest absolute Gasteiger partial charge is 0.465 e. The molecule has 0 aliphatic heterocycles. The van der Waals surface area contributed by atoms with Gasteiger partial charge in [-0.25, -0.2) is 4.79 Å². The number of rotatable bonds is 3. The summed E-state index contributed by atoms with van der Waals surface area (Å²) in [6.45, 7) is 3.76. The lowest BCUT2D eigenvalue weighted by Crippen LogP contribution is -2.29. The number of nitrogens with one attached hydrogen (secondary N) is 1. The Morgan fingerprint density at radius 1 is 1.44 bits per heavy atom. The van der Waals surface area contributed by atoms with Crippen molar-refractivity contribution in [1.29, 1.82) is 0 Å². The van der Waals surface area contributed by atoms with E-state index >= 15 is 0 Å². The molecule has 0 aromatic heterocycles. The number of halogens is 1. The first kappa shape index (κ1) is 12.8. The molecular formula is C12H14BrNO2. The van der Waals surface area contributed by atoms with E-state index in [9.17, 15) is 4.79 Å². The Morgan fingerprint density at radius 3 is 2.50 bits per heavy atom. The lowest BCUT2D eigenvalue weighted by Gasteiger charge is -2.08. The molecular weight excluding hydrogens is 270 g/mol. The summed E-state index contributed by atoms with van der Waals surface area (Å²) in [5.74, 6) is 0. The zero-order valence-corrected chi connectivity index (χ0v) is 10.8. The zero-order chi connectivity index (χ0) is 12.1. The summed E-state index contributed by atoms with van der Waals surface area (Å²) in [5, 5.41) is 10.9. The van der Waals surface area contributed by atoms with Crippen molar-refractivity contribution < 1.29 is 9.90 Å². The Bertz CT molecular complexity index is 398. The standard InChI is InChI=1S/C12H14BrNO2/c1-8(7-9(2)14-12(15)16)10-3-5-11(13)6-4-10/h3-7,9,14H,1-2H3,(H,15,16)/b8-7+/t9-/m0/s1. The summed E-state index contributed by atoms with van der Waals surface area (Å²) < 4.78 is 1.03. The minimum atomic E-state index is -1.01. The number of benzene rings is 1. The fourth-order valence-corrected chi connectivity index (χ4v) is 1.68. The van der Waals surface area contributed by atoms with E-state index in [0.29, 0.717) is 0 Å². The van der Waals surface area contributed by atoms with Crippen LogP contribution < -0.4 is 5.32 Å². The predicted molar refractivity (Wildman–Crippen MR) is 68.4 cm³/mol. The Labute approximate surface area is 103 Å². The molecule has 1 atom stereocenters. The van der Waals surface area contributed by atoms with Gasteiger partial charge in [0.25, 0.3) is 0 Å². The van der Waals surface area contributed by atoms with Gasteiger partial charge in [-0.3, -0.25) is 0 Å². The van der Waals surface area contributed by atoms with Gasteiger partial charge < -0.3 is 10.4 Å². The molecule has 0 fully saturated rings. The maximum atomic E-state index is 10.4. The average molecular weight is 284 g/mol. The van der Waals surface area contributed by atoms with Crippen LogP contribution >= 0.6 is 15.9 Å². The van der Waals surface area contributed by atoms with Crippen LogP contribution in [0.15, 0.2) is 34.8 Å². The van der Waals surface area contributed by atoms with Crippen molar-refractivity contribution in [3.8, 4) is 0 Å². The summed E-state index contributed by atoms with van der Waals surface area (Å²) >= 11 is 3.37. The second-order valence-corrected chi connectivity index (χ2v) is 4.51. The first-order valence-corrected chi connectivity index (χ1v) is 5.72. The van der Waals surface area contributed by atoms with Gasteiger partial charge in [-0.1, -0.05) is 34.1 Å². The molecule has 16 heavy (non-hydrogen) atoms. The molecule has 0 spiro atoms. The van der Waals surface area contributed by atoms with Crippen LogP contribution in [0, 0.1) is 0 Å². The maximum absolute atomic E-state index is 10.4. The van der Waals surface area contributed by atoms with Gasteiger partial charge in [-0.05, 0) is 37.1 Å². The lowest BCUT2D eigenvalue weighted by molar-refractivity contribution is 0.193. The Hall–Kier alpha value is -1.29. The molecule has 1 aromatic carbocycles. The highest BCUT2D eigenvalue weighted by Gasteiger charge is 2.03. The fourth-order valence-electron chi connectivity index (χ4n) is 1.42. The van der Waals surface area contributed by atoms with Crippen LogP contribution in [0.3, 0.4) is 0 Å². The molecule has 0 unspecified atom stereocenters.